The molecule has 38 heavy (non-hydrogen) atoms. The summed E-state index contributed by atoms with van der Waals surface area (Å²) < 4.78 is 11.6. The Bertz CT molecular complexity index is 1490. The molecule has 1 saturated heterocycles. The number of hydrogen-bond donors (Lipinski definition) is 0. The number of rotatable bonds is 8. The molecular formula is C34H34ClNO2. The van der Waals surface area contributed by atoms with E-state index in [1.807, 2.05) is 0 Å². The van der Waals surface area contributed by atoms with Crippen molar-refractivity contribution in [2.75, 3.05) is 33.4 Å². The van der Waals surface area contributed by atoms with E-state index in [1.54, 1.807) is 7.11 Å². The Labute approximate surface area is 231 Å². The average Bonchev–Trinajstić information content (AvgIpc) is 3.48. The minimum absolute atomic E-state index is 0. The molecule has 4 heteroatoms. The van der Waals surface area contributed by atoms with E-state index in [0.717, 1.165) is 24.7 Å². The van der Waals surface area contributed by atoms with Gasteiger partial charge in [-0.3, -0.25) is 4.90 Å². The van der Waals surface area contributed by atoms with Crippen LogP contribution in [0.3, 0.4) is 0 Å². The number of hydrogen-bond acceptors (Lipinski definition) is 3. The number of benzene rings is 5. The van der Waals surface area contributed by atoms with Gasteiger partial charge in [0.2, 0.25) is 0 Å². The molecule has 1 heterocycles. The molecule has 6 rings (SSSR count). The molecule has 1 atom stereocenters. The second-order valence-corrected chi connectivity index (χ2v) is 9.90. The molecule has 0 aliphatic carbocycles. The molecule has 1 fully saturated rings. The van der Waals surface area contributed by atoms with Gasteiger partial charge in [-0.2, -0.15) is 0 Å². The van der Waals surface area contributed by atoms with Crippen LogP contribution >= 0.6 is 12.4 Å². The molecule has 194 valence electrons. The molecule has 0 bridgehead atoms. The minimum Gasteiger partial charge on any atom is -0.497 e. The lowest BCUT2D eigenvalue weighted by atomic mass is 9.81. The van der Waals surface area contributed by atoms with E-state index in [4.69, 9.17) is 9.47 Å². The van der Waals surface area contributed by atoms with Gasteiger partial charge in [0.25, 0.3) is 0 Å². The lowest BCUT2D eigenvalue weighted by Gasteiger charge is -2.23. The van der Waals surface area contributed by atoms with Crippen molar-refractivity contribution >= 4 is 34.0 Å². The zero-order valence-electron chi connectivity index (χ0n) is 21.8. The lowest BCUT2D eigenvalue weighted by molar-refractivity contribution is 0.238. The van der Waals surface area contributed by atoms with Crippen molar-refractivity contribution < 1.29 is 9.47 Å². The Hall–Kier alpha value is -3.53. The molecule has 3 nitrogen and oxygen atoms in total. The van der Waals surface area contributed by atoms with E-state index >= 15 is 0 Å². The summed E-state index contributed by atoms with van der Waals surface area (Å²) in [7, 11) is 1.71. The summed E-state index contributed by atoms with van der Waals surface area (Å²) in [6, 6.07) is 37.0. The van der Waals surface area contributed by atoms with Crippen LogP contribution in [0, 0.1) is 0 Å². The molecule has 0 spiro atoms. The fourth-order valence-electron chi connectivity index (χ4n) is 5.73. The molecule has 0 amide bonds. The maximum atomic E-state index is 6.11. The Morgan fingerprint density at radius 1 is 0.684 bits per heavy atom. The highest BCUT2D eigenvalue weighted by atomic mass is 35.5. The summed E-state index contributed by atoms with van der Waals surface area (Å²) in [5.41, 5.74) is 3.79. The van der Waals surface area contributed by atoms with Crippen molar-refractivity contribution in [3.63, 3.8) is 0 Å². The second kappa shape index (κ2) is 11.9. The number of methoxy groups -OCH3 is 1. The van der Waals surface area contributed by atoms with Gasteiger partial charge in [-0.05, 0) is 94.5 Å². The van der Waals surface area contributed by atoms with Gasteiger partial charge >= 0.3 is 0 Å². The third-order valence-electron chi connectivity index (χ3n) is 7.65. The first-order valence-corrected chi connectivity index (χ1v) is 13.3. The van der Waals surface area contributed by atoms with E-state index in [2.05, 4.69) is 108 Å². The lowest BCUT2D eigenvalue weighted by Crippen LogP contribution is -2.25. The van der Waals surface area contributed by atoms with Crippen molar-refractivity contribution in [3.05, 3.63) is 120 Å². The molecule has 1 unspecified atom stereocenters. The number of likely N-dealkylation sites (tertiary alicyclic amines) is 1. The first-order chi connectivity index (χ1) is 18.3. The third kappa shape index (κ3) is 5.36. The van der Waals surface area contributed by atoms with Crippen molar-refractivity contribution in [1.29, 1.82) is 0 Å². The smallest absolute Gasteiger partial charge is 0.119 e. The maximum absolute atomic E-state index is 6.11. The molecule has 0 saturated carbocycles. The van der Waals surface area contributed by atoms with Gasteiger partial charge in [0.05, 0.1) is 7.11 Å². The fraction of sp³-hybridized carbons (Fsp3) is 0.235. The van der Waals surface area contributed by atoms with E-state index in [-0.39, 0.29) is 18.3 Å². The van der Waals surface area contributed by atoms with Crippen LogP contribution in [0.25, 0.3) is 21.5 Å². The standard InChI is InChI=1S/C34H33NO2.ClH/c1-36-28-16-12-25(13-17-28)34(26-14-18-29(19-15-26)37-23-22-35-20-6-7-21-35)33-24-27-8-2-3-9-30(27)31-10-4-5-11-32(31)33;/h2-5,8-19,24,34H,6-7,20-23H2,1H3;1H. The summed E-state index contributed by atoms with van der Waals surface area (Å²) in [6.07, 6.45) is 2.62. The van der Waals surface area contributed by atoms with E-state index in [1.165, 1.54) is 64.2 Å². The highest BCUT2D eigenvalue weighted by Crippen LogP contribution is 2.40. The highest BCUT2D eigenvalue weighted by molar-refractivity contribution is 6.09. The molecule has 0 aromatic heterocycles. The molecule has 5 aromatic rings. The van der Waals surface area contributed by atoms with Crippen LogP contribution in [0.15, 0.2) is 103 Å². The number of ether oxygens (including phenoxy) is 2. The predicted octanol–water partition coefficient (Wildman–Crippen LogP) is 8.08. The van der Waals surface area contributed by atoms with Crippen LogP contribution in [0.5, 0.6) is 11.5 Å². The molecular weight excluding hydrogens is 490 g/mol. The maximum Gasteiger partial charge on any atom is 0.119 e. The van der Waals surface area contributed by atoms with Gasteiger partial charge in [-0.1, -0.05) is 72.8 Å². The summed E-state index contributed by atoms with van der Waals surface area (Å²) >= 11 is 0. The van der Waals surface area contributed by atoms with Crippen molar-refractivity contribution in [1.82, 2.24) is 4.90 Å². The summed E-state index contributed by atoms with van der Waals surface area (Å²) in [4.78, 5) is 2.49. The number of fused-ring (bicyclic) bond motifs is 3. The second-order valence-electron chi connectivity index (χ2n) is 9.90. The SMILES string of the molecule is COc1ccc(C(c2ccc(OCCN3CCCC3)cc2)c2cc3ccccc3c3ccccc23)cc1.Cl. The molecule has 0 N–H and O–H groups in total. The minimum atomic E-state index is 0. The van der Waals surface area contributed by atoms with Crippen molar-refractivity contribution in [2.45, 2.75) is 18.8 Å². The quantitative estimate of drug-likeness (QED) is 0.151. The van der Waals surface area contributed by atoms with E-state index < -0.39 is 0 Å². The van der Waals surface area contributed by atoms with Gasteiger partial charge in [0, 0.05) is 12.5 Å². The average molecular weight is 524 g/mol. The van der Waals surface area contributed by atoms with Crippen LogP contribution in [0.1, 0.15) is 35.4 Å². The number of halogens is 1. The van der Waals surface area contributed by atoms with E-state index in [0.29, 0.717) is 0 Å². The summed E-state index contributed by atoms with van der Waals surface area (Å²) in [5, 5.41) is 5.12. The number of nitrogens with zero attached hydrogens (tertiary/aromatic N) is 1. The fourth-order valence-corrected chi connectivity index (χ4v) is 5.73. The van der Waals surface area contributed by atoms with Gasteiger partial charge in [0.1, 0.15) is 18.1 Å². The largest absolute Gasteiger partial charge is 0.497 e. The van der Waals surface area contributed by atoms with E-state index in [9.17, 15) is 0 Å². The Kier molecular flexibility index (Phi) is 8.17. The zero-order chi connectivity index (χ0) is 25.0. The topological polar surface area (TPSA) is 21.7 Å². The van der Waals surface area contributed by atoms with Gasteiger partial charge < -0.3 is 9.47 Å². The molecule has 5 aromatic carbocycles. The van der Waals surface area contributed by atoms with Crippen LogP contribution in [-0.4, -0.2) is 38.3 Å². The van der Waals surface area contributed by atoms with Crippen LogP contribution in [0.2, 0.25) is 0 Å². The van der Waals surface area contributed by atoms with Gasteiger partial charge in [-0.15, -0.1) is 12.4 Å². The monoisotopic (exact) mass is 523 g/mol. The Morgan fingerprint density at radius 2 is 1.26 bits per heavy atom. The molecule has 1 aliphatic heterocycles. The molecule has 0 radical (unpaired) electrons. The summed E-state index contributed by atoms with van der Waals surface area (Å²) in [6.45, 7) is 4.13. The van der Waals surface area contributed by atoms with Crippen LogP contribution in [0.4, 0.5) is 0 Å². The Morgan fingerprint density at radius 3 is 1.92 bits per heavy atom. The zero-order valence-corrected chi connectivity index (χ0v) is 22.6. The van der Waals surface area contributed by atoms with Gasteiger partial charge in [0.15, 0.2) is 0 Å². The predicted molar refractivity (Wildman–Crippen MR) is 160 cm³/mol. The van der Waals surface area contributed by atoms with Crippen LogP contribution in [-0.2, 0) is 0 Å². The summed E-state index contributed by atoms with van der Waals surface area (Å²) in [5.74, 6) is 1.88. The van der Waals surface area contributed by atoms with Crippen molar-refractivity contribution in [3.8, 4) is 11.5 Å². The first-order valence-electron chi connectivity index (χ1n) is 13.3. The first kappa shape index (κ1) is 26.1. The molecule has 1 aliphatic rings. The highest BCUT2D eigenvalue weighted by Gasteiger charge is 2.21. The van der Waals surface area contributed by atoms with Crippen LogP contribution < -0.4 is 9.47 Å². The Balaban J connectivity index is 0.00000294. The normalized spacial score (nSPS) is 14.3. The van der Waals surface area contributed by atoms with Gasteiger partial charge in [-0.25, -0.2) is 0 Å². The van der Waals surface area contributed by atoms with Crippen molar-refractivity contribution in [2.24, 2.45) is 0 Å². The third-order valence-corrected chi connectivity index (χ3v) is 7.65.